The van der Waals surface area contributed by atoms with Gasteiger partial charge in [-0.2, -0.15) is 0 Å². The van der Waals surface area contributed by atoms with Crippen LogP contribution in [0.25, 0.3) is 0 Å². The van der Waals surface area contributed by atoms with E-state index in [0.29, 0.717) is 60.5 Å². The minimum Gasteiger partial charge on any atom is -0.543 e. The van der Waals surface area contributed by atoms with E-state index in [0.717, 1.165) is 18.6 Å². The molecule has 0 bridgehead atoms. The van der Waals surface area contributed by atoms with Crippen molar-refractivity contribution < 1.29 is 37.8 Å². The van der Waals surface area contributed by atoms with Gasteiger partial charge in [0.1, 0.15) is 17.6 Å². The summed E-state index contributed by atoms with van der Waals surface area (Å²) in [5.74, 6) is 0.569. The number of hydrogen-bond acceptors (Lipinski definition) is 8. The lowest BCUT2D eigenvalue weighted by molar-refractivity contribution is 0.0105. The monoisotopic (exact) mass is 627 g/mol. The number of aryl methyl sites for hydroxylation is 1. The number of carbonyl (C=O) groups excluding carboxylic acids is 3. The second-order valence-electron chi connectivity index (χ2n) is 12.3. The zero-order valence-electron chi connectivity index (χ0n) is 27.5. The van der Waals surface area contributed by atoms with E-state index in [1.807, 2.05) is 0 Å². The summed E-state index contributed by atoms with van der Waals surface area (Å²) >= 11 is 0. The molecule has 10 heteroatoms. The largest absolute Gasteiger partial charge is 0.543 e. The first-order valence-corrected chi connectivity index (χ1v) is 17.7. The number of ether oxygens (including phenoxy) is 4. The minimum absolute atomic E-state index is 0.248. The van der Waals surface area contributed by atoms with Gasteiger partial charge in [0.25, 0.3) is 14.2 Å². The van der Waals surface area contributed by atoms with Crippen LogP contribution in [-0.2, 0) is 20.6 Å². The van der Waals surface area contributed by atoms with Crippen molar-refractivity contribution in [1.82, 2.24) is 4.90 Å². The molecule has 1 aliphatic rings. The quantitative estimate of drug-likeness (QED) is 0.128. The van der Waals surface area contributed by atoms with Crippen LogP contribution in [0.1, 0.15) is 87.1 Å². The number of hydrogen-bond donors (Lipinski definition) is 0. The van der Waals surface area contributed by atoms with Crippen molar-refractivity contribution >= 4 is 26.3 Å². The molecule has 9 nitrogen and oxygen atoms in total. The van der Waals surface area contributed by atoms with Crippen LogP contribution in [0.4, 0.5) is 4.79 Å². The molecule has 1 saturated heterocycles. The van der Waals surface area contributed by atoms with Gasteiger partial charge in [-0.15, -0.1) is 0 Å². The van der Waals surface area contributed by atoms with Crippen molar-refractivity contribution in [2.24, 2.45) is 0 Å². The number of amides is 1. The average molecular weight is 628 g/mol. The topological polar surface area (TPSA) is 101 Å². The Morgan fingerprint density at radius 1 is 0.864 bits per heavy atom. The molecule has 0 aromatic heterocycles. The summed E-state index contributed by atoms with van der Waals surface area (Å²) in [6.45, 7) is 14.9. The lowest BCUT2D eigenvalue weighted by Crippen LogP contribution is -2.50. The molecule has 2 aromatic carbocycles. The van der Waals surface area contributed by atoms with Gasteiger partial charge >= 0.3 is 12.1 Å². The van der Waals surface area contributed by atoms with E-state index >= 15 is 0 Å². The van der Waals surface area contributed by atoms with Gasteiger partial charge in [-0.05, 0) is 65.4 Å². The number of nitrogens with zero attached hydrogens (tertiary/aromatic N) is 1. The second-order valence-corrected chi connectivity index (χ2v) is 17.7. The SMILES string of the molecule is COC(=O)OC1CCN(C(=O)c2cc(C(=O)OC)ccc2OCCCc2ccc(O[Si](C(C)C)(C(C)C)C(C)C)cc2)CC1. The summed E-state index contributed by atoms with van der Waals surface area (Å²) in [7, 11) is 0.554. The number of benzene rings is 2. The first-order valence-electron chi connectivity index (χ1n) is 15.6. The fourth-order valence-electron chi connectivity index (χ4n) is 6.34. The highest BCUT2D eigenvalue weighted by Gasteiger charge is 2.47. The highest BCUT2D eigenvalue weighted by Crippen LogP contribution is 2.42. The fraction of sp³-hybridized carbons (Fsp3) is 0.559. The zero-order chi connectivity index (χ0) is 32.4. The van der Waals surface area contributed by atoms with Crippen molar-refractivity contribution in [2.75, 3.05) is 33.9 Å². The summed E-state index contributed by atoms with van der Waals surface area (Å²) in [6.07, 6.45) is 1.49. The molecule has 0 unspecified atom stereocenters. The molecule has 242 valence electrons. The third-order valence-corrected chi connectivity index (χ3v) is 14.6. The van der Waals surface area contributed by atoms with Gasteiger partial charge in [-0.3, -0.25) is 4.79 Å². The summed E-state index contributed by atoms with van der Waals surface area (Å²) in [4.78, 5) is 38.9. The predicted octanol–water partition coefficient (Wildman–Crippen LogP) is 7.43. The number of carbonyl (C=O) groups is 3. The van der Waals surface area contributed by atoms with Gasteiger partial charge in [0.2, 0.25) is 0 Å². The van der Waals surface area contributed by atoms with Gasteiger partial charge in [0.05, 0.1) is 32.0 Å². The third-order valence-electron chi connectivity index (χ3n) is 8.58. The highest BCUT2D eigenvalue weighted by atomic mass is 28.4. The van der Waals surface area contributed by atoms with Crippen molar-refractivity contribution in [3.05, 3.63) is 59.2 Å². The second kappa shape index (κ2) is 16.0. The zero-order valence-corrected chi connectivity index (χ0v) is 28.5. The maximum Gasteiger partial charge on any atom is 0.508 e. The summed E-state index contributed by atoms with van der Waals surface area (Å²) in [5.41, 5.74) is 3.27. The molecule has 1 heterocycles. The molecule has 1 aliphatic heterocycles. The van der Waals surface area contributed by atoms with E-state index in [1.165, 1.54) is 25.8 Å². The first-order chi connectivity index (χ1) is 20.9. The highest BCUT2D eigenvalue weighted by molar-refractivity contribution is 6.78. The standard InChI is InChI=1S/C34H49NO8Si/c1-23(2)44(24(3)4,25(5)6)43-29-14-11-26(12-15-29)10-9-21-41-31-16-13-27(33(37)39-7)22-30(31)32(36)35-19-17-28(18-20-35)42-34(38)40-8/h11-16,22-25,28H,9-10,17-21H2,1-8H3. The Labute approximate surface area is 263 Å². The number of piperidine rings is 1. The van der Waals surface area contributed by atoms with Gasteiger partial charge in [0.15, 0.2) is 0 Å². The molecule has 1 amide bonds. The van der Waals surface area contributed by atoms with Gasteiger partial charge in [0, 0.05) is 25.9 Å². The fourth-order valence-corrected chi connectivity index (χ4v) is 11.6. The Kier molecular flexibility index (Phi) is 12.7. The minimum atomic E-state index is -2.01. The van der Waals surface area contributed by atoms with E-state index < -0.39 is 20.4 Å². The molecule has 0 radical (unpaired) electrons. The molecule has 44 heavy (non-hydrogen) atoms. The van der Waals surface area contributed by atoms with Crippen LogP contribution in [0.3, 0.4) is 0 Å². The Bertz CT molecular complexity index is 1230. The number of methoxy groups -OCH3 is 2. The molecule has 2 aromatic rings. The van der Waals surface area contributed by atoms with Crippen LogP contribution in [0.15, 0.2) is 42.5 Å². The molecule has 1 fully saturated rings. The number of likely N-dealkylation sites (tertiary alicyclic amines) is 1. The van der Waals surface area contributed by atoms with Crippen LogP contribution in [0.2, 0.25) is 16.6 Å². The van der Waals surface area contributed by atoms with E-state index in [1.54, 1.807) is 17.0 Å². The Hall–Kier alpha value is -3.53. The van der Waals surface area contributed by atoms with Crippen molar-refractivity contribution in [3.63, 3.8) is 0 Å². The maximum atomic E-state index is 13.5. The Balaban J connectivity index is 1.63. The maximum absolute atomic E-state index is 13.5. The van der Waals surface area contributed by atoms with Crippen molar-refractivity contribution in [1.29, 1.82) is 0 Å². The Morgan fingerprint density at radius 2 is 1.48 bits per heavy atom. The van der Waals surface area contributed by atoms with Gasteiger partial charge < -0.3 is 28.3 Å². The first kappa shape index (κ1) is 35.0. The molecule has 0 spiro atoms. The summed E-state index contributed by atoms with van der Waals surface area (Å²) in [5, 5.41) is 0. The lowest BCUT2D eigenvalue weighted by Gasteiger charge is -2.42. The van der Waals surface area contributed by atoms with Crippen molar-refractivity contribution in [2.45, 2.75) is 90.0 Å². The van der Waals surface area contributed by atoms with E-state index in [4.69, 9.17) is 18.6 Å². The molecule has 0 atom stereocenters. The lowest BCUT2D eigenvalue weighted by atomic mass is 10.0. The van der Waals surface area contributed by atoms with Crippen LogP contribution in [0.5, 0.6) is 11.5 Å². The molecule has 0 N–H and O–H groups in total. The average Bonchev–Trinajstić information content (AvgIpc) is 3.01. The molecule has 0 saturated carbocycles. The Morgan fingerprint density at radius 3 is 2.02 bits per heavy atom. The molecule has 0 aliphatic carbocycles. The third kappa shape index (κ3) is 8.55. The molecular weight excluding hydrogens is 578 g/mol. The van der Waals surface area contributed by atoms with Crippen LogP contribution in [-0.4, -0.2) is 71.3 Å². The van der Waals surface area contributed by atoms with Gasteiger partial charge in [-0.25, -0.2) is 9.59 Å². The van der Waals surface area contributed by atoms with Crippen LogP contribution in [0, 0.1) is 0 Å². The van der Waals surface area contributed by atoms with Crippen molar-refractivity contribution in [3.8, 4) is 11.5 Å². The van der Waals surface area contributed by atoms with E-state index in [-0.39, 0.29) is 17.6 Å². The predicted molar refractivity (Wildman–Crippen MR) is 172 cm³/mol. The normalized spacial score (nSPS) is 14.1. The van der Waals surface area contributed by atoms with Crippen LogP contribution >= 0.6 is 0 Å². The smallest absolute Gasteiger partial charge is 0.508 e. The van der Waals surface area contributed by atoms with Crippen LogP contribution < -0.4 is 9.16 Å². The number of rotatable bonds is 13. The van der Waals surface area contributed by atoms with E-state index in [2.05, 4.69) is 70.5 Å². The molecule has 3 rings (SSSR count). The summed E-state index contributed by atoms with van der Waals surface area (Å²) < 4.78 is 27.5. The van der Waals surface area contributed by atoms with E-state index in [9.17, 15) is 14.4 Å². The summed E-state index contributed by atoms with van der Waals surface area (Å²) in [6, 6.07) is 13.1. The molecular formula is C34H49NO8Si. The van der Waals surface area contributed by atoms with Gasteiger partial charge in [-0.1, -0.05) is 53.7 Å². The number of esters is 1.